The molecule has 0 radical (unpaired) electrons. The van der Waals surface area contributed by atoms with Crippen LogP contribution in [0.3, 0.4) is 0 Å². The number of amides is 1. The fourth-order valence-electron chi connectivity index (χ4n) is 5.17. The maximum Gasteiger partial charge on any atom is 0.410 e. The maximum atomic E-state index is 12.6. The van der Waals surface area contributed by atoms with E-state index in [0.29, 0.717) is 28.0 Å². The SMILES string of the molecule is Cc1cc(S(=O)(=O)C2CC2)ccc1Oc1ncnc(OC2CC3CC[C@@H](C2)N3C(=O)OC(C)C)c1C. The second kappa shape index (κ2) is 9.53. The fraction of sp³-hybridized carbons (Fsp3) is 0.577. The summed E-state index contributed by atoms with van der Waals surface area (Å²) in [5.74, 6) is 1.35. The van der Waals surface area contributed by atoms with E-state index in [1.807, 2.05) is 32.6 Å². The molecule has 2 saturated heterocycles. The fourth-order valence-corrected chi connectivity index (χ4v) is 6.91. The van der Waals surface area contributed by atoms with Crippen molar-refractivity contribution in [3.63, 3.8) is 0 Å². The lowest BCUT2D eigenvalue weighted by molar-refractivity contribution is 0.0206. The van der Waals surface area contributed by atoms with E-state index < -0.39 is 9.84 Å². The van der Waals surface area contributed by atoms with E-state index >= 15 is 0 Å². The lowest BCUT2D eigenvalue weighted by atomic mass is 10.0. The number of hydrogen-bond acceptors (Lipinski definition) is 8. The van der Waals surface area contributed by atoms with Gasteiger partial charge in [0.1, 0.15) is 18.2 Å². The first-order valence-electron chi connectivity index (χ1n) is 12.6. The van der Waals surface area contributed by atoms with Crippen molar-refractivity contribution in [3.05, 3.63) is 35.7 Å². The first-order valence-corrected chi connectivity index (χ1v) is 14.2. The molecule has 5 rings (SSSR count). The summed E-state index contributed by atoms with van der Waals surface area (Å²) in [6, 6.07) is 5.13. The number of hydrogen-bond donors (Lipinski definition) is 0. The van der Waals surface area contributed by atoms with E-state index in [1.165, 1.54) is 6.33 Å². The van der Waals surface area contributed by atoms with Crippen LogP contribution in [0.15, 0.2) is 29.4 Å². The monoisotopic (exact) mass is 515 g/mol. The maximum absolute atomic E-state index is 12.6. The molecular weight excluding hydrogens is 482 g/mol. The van der Waals surface area contributed by atoms with Crippen LogP contribution < -0.4 is 9.47 Å². The minimum Gasteiger partial charge on any atom is -0.474 e. The Morgan fingerprint density at radius 1 is 1.03 bits per heavy atom. The minimum atomic E-state index is -3.26. The van der Waals surface area contributed by atoms with Gasteiger partial charge in [0, 0.05) is 24.9 Å². The summed E-state index contributed by atoms with van der Waals surface area (Å²) in [5, 5.41) is -0.254. The van der Waals surface area contributed by atoms with Gasteiger partial charge < -0.3 is 19.1 Å². The average molecular weight is 516 g/mol. The minimum absolute atomic E-state index is 0.0688. The number of sulfone groups is 1. The second-order valence-electron chi connectivity index (χ2n) is 10.3. The standard InChI is InChI=1S/C26H33N3O6S/c1-15(2)33-26(30)29-18-5-6-19(29)13-20(12-18)34-24-17(4)25(28-14-27-24)35-23-10-9-22(11-16(23)3)36(31,32)21-7-8-21/h9-11,14-15,18-21H,5-8,12-13H2,1-4H3/t18-,19?,20?/m0/s1. The first kappa shape index (κ1) is 24.8. The first-order chi connectivity index (χ1) is 17.1. The molecule has 3 aliphatic rings. The van der Waals surface area contributed by atoms with Crippen molar-refractivity contribution in [1.29, 1.82) is 0 Å². The van der Waals surface area contributed by atoms with Crippen LogP contribution in [-0.2, 0) is 14.6 Å². The predicted octanol–water partition coefficient (Wildman–Crippen LogP) is 4.74. The van der Waals surface area contributed by atoms with Gasteiger partial charge in [-0.25, -0.2) is 23.2 Å². The van der Waals surface area contributed by atoms with Crippen LogP contribution in [0, 0.1) is 13.8 Å². The predicted molar refractivity (Wildman–Crippen MR) is 132 cm³/mol. The topological polar surface area (TPSA) is 108 Å². The third-order valence-corrected chi connectivity index (χ3v) is 9.41. The van der Waals surface area contributed by atoms with Gasteiger partial charge in [0.15, 0.2) is 9.84 Å². The molecule has 1 aromatic heterocycles. The Balaban J connectivity index is 1.27. The second-order valence-corrected chi connectivity index (χ2v) is 12.5. The Bertz CT molecular complexity index is 1250. The van der Waals surface area contributed by atoms with E-state index in [1.54, 1.807) is 18.2 Å². The van der Waals surface area contributed by atoms with Crippen molar-refractivity contribution in [2.24, 2.45) is 0 Å². The molecule has 1 amide bonds. The highest BCUT2D eigenvalue weighted by Gasteiger charge is 2.45. The average Bonchev–Trinajstić information content (AvgIpc) is 3.63. The lowest BCUT2D eigenvalue weighted by Crippen LogP contribution is -2.50. The highest BCUT2D eigenvalue weighted by atomic mass is 32.2. The molecule has 2 bridgehead atoms. The normalized spacial score (nSPS) is 23.6. The molecule has 1 aromatic carbocycles. The van der Waals surface area contributed by atoms with Crippen molar-refractivity contribution in [1.82, 2.24) is 14.9 Å². The Labute approximate surface area is 212 Å². The Morgan fingerprint density at radius 2 is 1.69 bits per heavy atom. The smallest absolute Gasteiger partial charge is 0.410 e. The molecule has 10 heteroatoms. The number of ether oxygens (including phenoxy) is 3. The van der Waals surface area contributed by atoms with E-state index in [4.69, 9.17) is 14.2 Å². The summed E-state index contributed by atoms with van der Waals surface area (Å²) >= 11 is 0. The number of nitrogens with zero attached hydrogens (tertiary/aromatic N) is 3. The number of piperidine rings is 1. The molecule has 3 fully saturated rings. The number of fused-ring (bicyclic) bond motifs is 2. The van der Waals surface area contributed by atoms with Gasteiger partial charge in [-0.2, -0.15) is 0 Å². The molecule has 0 spiro atoms. The number of aromatic nitrogens is 2. The summed E-state index contributed by atoms with van der Waals surface area (Å²) in [6.45, 7) is 7.39. The van der Waals surface area contributed by atoms with Crippen molar-refractivity contribution in [3.8, 4) is 17.5 Å². The molecule has 1 saturated carbocycles. The van der Waals surface area contributed by atoms with E-state index in [9.17, 15) is 13.2 Å². The number of rotatable bonds is 7. The number of benzene rings is 1. The zero-order chi connectivity index (χ0) is 25.6. The molecule has 36 heavy (non-hydrogen) atoms. The van der Waals surface area contributed by atoms with Gasteiger partial charge >= 0.3 is 6.09 Å². The van der Waals surface area contributed by atoms with E-state index in [0.717, 1.165) is 44.1 Å². The van der Waals surface area contributed by atoms with Gasteiger partial charge in [-0.05, 0) is 77.1 Å². The molecule has 2 aliphatic heterocycles. The van der Waals surface area contributed by atoms with Gasteiger partial charge in [-0.15, -0.1) is 0 Å². The van der Waals surface area contributed by atoms with Crippen LogP contribution in [-0.4, -0.2) is 58.9 Å². The third kappa shape index (κ3) is 4.87. The van der Waals surface area contributed by atoms with Crippen molar-refractivity contribution >= 4 is 15.9 Å². The summed E-state index contributed by atoms with van der Waals surface area (Å²) < 4.78 is 42.9. The summed E-state index contributed by atoms with van der Waals surface area (Å²) in [7, 11) is -3.26. The van der Waals surface area contributed by atoms with Crippen LogP contribution in [0.4, 0.5) is 4.79 Å². The highest BCUT2D eigenvalue weighted by molar-refractivity contribution is 7.92. The van der Waals surface area contributed by atoms with E-state index in [2.05, 4.69) is 9.97 Å². The number of aryl methyl sites for hydroxylation is 1. The van der Waals surface area contributed by atoms with Gasteiger partial charge in [-0.3, -0.25) is 0 Å². The molecule has 3 atom stereocenters. The molecule has 2 aromatic rings. The molecule has 2 unspecified atom stereocenters. The summed E-state index contributed by atoms with van der Waals surface area (Å²) in [5.41, 5.74) is 1.38. The highest BCUT2D eigenvalue weighted by Crippen LogP contribution is 2.39. The van der Waals surface area contributed by atoms with Crippen molar-refractivity contribution < 1.29 is 27.4 Å². The Kier molecular flexibility index (Phi) is 6.57. The van der Waals surface area contributed by atoms with Gasteiger partial charge in [0.05, 0.1) is 21.8 Å². The Hall–Kier alpha value is -2.88. The van der Waals surface area contributed by atoms with Crippen LogP contribution in [0.2, 0.25) is 0 Å². The van der Waals surface area contributed by atoms with Crippen LogP contribution in [0.25, 0.3) is 0 Å². The van der Waals surface area contributed by atoms with Gasteiger partial charge in [0.25, 0.3) is 0 Å². The van der Waals surface area contributed by atoms with Crippen LogP contribution in [0.1, 0.15) is 63.5 Å². The molecule has 194 valence electrons. The summed E-state index contributed by atoms with van der Waals surface area (Å²) in [6.07, 6.45) is 5.74. The quantitative estimate of drug-likeness (QED) is 0.520. The molecular formula is C26H33N3O6S. The number of carbonyl (C=O) groups is 1. The van der Waals surface area contributed by atoms with Gasteiger partial charge in [-0.1, -0.05) is 0 Å². The molecule has 1 aliphatic carbocycles. The van der Waals surface area contributed by atoms with Crippen molar-refractivity contribution in [2.45, 2.75) is 101 Å². The van der Waals surface area contributed by atoms with Crippen LogP contribution in [0.5, 0.6) is 17.5 Å². The van der Waals surface area contributed by atoms with Crippen LogP contribution >= 0.6 is 0 Å². The molecule has 9 nitrogen and oxygen atoms in total. The van der Waals surface area contributed by atoms with Gasteiger partial charge in [0.2, 0.25) is 11.8 Å². The van der Waals surface area contributed by atoms with E-state index in [-0.39, 0.29) is 35.6 Å². The zero-order valence-electron chi connectivity index (χ0n) is 21.1. The molecule has 3 heterocycles. The lowest BCUT2D eigenvalue weighted by Gasteiger charge is -2.38. The third-order valence-electron chi connectivity index (χ3n) is 7.15. The zero-order valence-corrected chi connectivity index (χ0v) is 22.0. The largest absolute Gasteiger partial charge is 0.474 e. The number of carbonyl (C=O) groups excluding carboxylic acids is 1. The Morgan fingerprint density at radius 3 is 2.31 bits per heavy atom. The molecule has 0 N–H and O–H groups in total. The van der Waals surface area contributed by atoms with Crippen molar-refractivity contribution in [2.75, 3.05) is 0 Å². The summed E-state index contributed by atoms with van der Waals surface area (Å²) in [4.78, 5) is 23.4.